The number of carbonyl (C=O) groups excluding carboxylic acids is 1. The van der Waals surface area contributed by atoms with E-state index >= 15 is 0 Å². The number of anilines is 1. The highest BCUT2D eigenvalue weighted by atomic mass is 35.5. The molecule has 0 aliphatic carbocycles. The summed E-state index contributed by atoms with van der Waals surface area (Å²) in [6.45, 7) is 6.37. The lowest BCUT2D eigenvalue weighted by atomic mass is 10.2. The summed E-state index contributed by atoms with van der Waals surface area (Å²) in [6.07, 6.45) is 2.91. The Balaban J connectivity index is 1.55. The number of halogens is 1. The first-order valence-electron chi connectivity index (χ1n) is 8.28. The lowest BCUT2D eigenvalue weighted by Gasteiger charge is -2.35. The van der Waals surface area contributed by atoms with Crippen molar-refractivity contribution in [2.75, 3.05) is 31.1 Å². The predicted molar refractivity (Wildman–Crippen MR) is 97.1 cm³/mol. The van der Waals surface area contributed by atoms with Gasteiger partial charge in [-0.2, -0.15) is 0 Å². The molecule has 1 amide bonds. The zero-order chi connectivity index (χ0) is 17.8. The fourth-order valence-electron chi connectivity index (χ4n) is 2.78. The van der Waals surface area contributed by atoms with Crippen molar-refractivity contribution < 1.29 is 9.53 Å². The van der Waals surface area contributed by atoms with Gasteiger partial charge in [-0.1, -0.05) is 11.6 Å². The Labute approximate surface area is 152 Å². The smallest absolute Gasteiger partial charge is 0.263 e. The molecule has 0 bridgehead atoms. The predicted octanol–water partition coefficient (Wildman–Crippen LogP) is 2.55. The molecule has 3 rings (SSSR count). The zero-order valence-corrected chi connectivity index (χ0v) is 15.1. The maximum absolute atomic E-state index is 12.6. The molecule has 1 fully saturated rings. The molecule has 2 heterocycles. The molecule has 1 aliphatic rings. The molecule has 0 spiro atoms. The first-order chi connectivity index (χ1) is 12.0. The average molecular weight is 361 g/mol. The Hall–Kier alpha value is -2.34. The Kier molecular flexibility index (Phi) is 5.38. The number of aryl methyl sites for hydroxylation is 1. The van der Waals surface area contributed by atoms with Gasteiger partial charge in [-0.15, -0.1) is 0 Å². The largest absolute Gasteiger partial charge is 0.481 e. The number of benzene rings is 1. The SMILES string of the molecule is Cc1cc(O[C@H](C)C(=O)N2CCN(c3ncccn3)CC2)ccc1Cl. The van der Waals surface area contributed by atoms with Gasteiger partial charge in [0.05, 0.1) is 0 Å². The van der Waals surface area contributed by atoms with Gasteiger partial charge in [-0.05, 0) is 43.7 Å². The molecule has 132 valence electrons. The molecule has 0 saturated carbocycles. The topological polar surface area (TPSA) is 58.6 Å². The van der Waals surface area contributed by atoms with E-state index in [4.69, 9.17) is 16.3 Å². The van der Waals surface area contributed by atoms with E-state index in [1.54, 1.807) is 37.5 Å². The van der Waals surface area contributed by atoms with Crippen LogP contribution in [0.25, 0.3) is 0 Å². The average Bonchev–Trinajstić information content (AvgIpc) is 2.65. The first-order valence-corrected chi connectivity index (χ1v) is 8.66. The maximum atomic E-state index is 12.6. The normalized spacial score (nSPS) is 15.8. The van der Waals surface area contributed by atoms with Crippen LogP contribution in [0.15, 0.2) is 36.7 Å². The number of nitrogens with zero attached hydrogens (tertiary/aromatic N) is 4. The molecular weight excluding hydrogens is 340 g/mol. The van der Waals surface area contributed by atoms with E-state index in [1.165, 1.54) is 0 Å². The minimum atomic E-state index is -0.542. The van der Waals surface area contributed by atoms with E-state index in [1.807, 2.05) is 17.9 Å². The van der Waals surface area contributed by atoms with E-state index in [-0.39, 0.29) is 5.91 Å². The van der Waals surface area contributed by atoms with Crippen molar-refractivity contribution in [1.29, 1.82) is 0 Å². The van der Waals surface area contributed by atoms with Crippen LogP contribution in [-0.2, 0) is 4.79 Å². The molecule has 6 nitrogen and oxygen atoms in total. The van der Waals surface area contributed by atoms with Gasteiger partial charge >= 0.3 is 0 Å². The monoisotopic (exact) mass is 360 g/mol. The highest BCUT2D eigenvalue weighted by Crippen LogP contribution is 2.22. The van der Waals surface area contributed by atoms with Crippen molar-refractivity contribution in [2.45, 2.75) is 20.0 Å². The van der Waals surface area contributed by atoms with E-state index in [9.17, 15) is 4.79 Å². The van der Waals surface area contributed by atoms with Crippen LogP contribution in [0, 0.1) is 6.92 Å². The second kappa shape index (κ2) is 7.70. The molecule has 0 unspecified atom stereocenters. The third kappa shape index (κ3) is 4.20. The minimum Gasteiger partial charge on any atom is -0.481 e. The van der Waals surface area contributed by atoms with Crippen LogP contribution in [-0.4, -0.2) is 53.1 Å². The zero-order valence-electron chi connectivity index (χ0n) is 14.4. The Morgan fingerprint density at radius 2 is 1.88 bits per heavy atom. The second-order valence-electron chi connectivity index (χ2n) is 6.03. The van der Waals surface area contributed by atoms with Crippen LogP contribution in [0.1, 0.15) is 12.5 Å². The standard InChI is InChI=1S/C18H21ClN4O2/c1-13-12-15(4-5-16(13)19)25-14(2)17(24)22-8-10-23(11-9-22)18-20-6-3-7-21-18/h3-7,12,14H,8-11H2,1-2H3/t14-/m1/s1. The fraction of sp³-hybridized carbons (Fsp3) is 0.389. The summed E-state index contributed by atoms with van der Waals surface area (Å²) in [5.41, 5.74) is 0.926. The van der Waals surface area contributed by atoms with Gasteiger partial charge in [0.25, 0.3) is 5.91 Å². The summed E-state index contributed by atoms with van der Waals surface area (Å²) in [4.78, 5) is 25.0. The van der Waals surface area contributed by atoms with Crippen molar-refractivity contribution >= 4 is 23.5 Å². The summed E-state index contributed by atoms with van der Waals surface area (Å²) >= 11 is 6.02. The minimum absolute atomic E-state index is 0.0127. The van der Waals surface area contributed by atoms with Gasteiger partial charge in [0.1, 0.15) is 5.75 Å². The number of piperazine rings is 1. The van der Waals surface area contributed by atoms with Crippen LogP contribution in [0.2, 0.25) is 5.02 Å². The number of carbonyl (C=O) groups is 1. The molecule has 1 aliphatic heterocycles. The molecule has 1 aromatic carbocycles. The summed E-state index contributed by atoms with van der Waals surface area (Å²) in [5.74, 6) is 1.34. The summed E-state index contributed by atoms with van der Waals surface area (Å²) in [5, 5.41) is 0.686. The van der Waals surface area contributed by atoms with E-state index in [2.05, 4.69) is 14.9 Å². The van der Waals surface area contributed by atoms with Gasteiger partial charge in [0, 0.05) is 43.6 Å². The van der Waals surface area contributed by atoms with Crippen molar-refractivity contribution in [3.05, 3.63) is 47.2 Å². The van der Waals surface area contributed by atoms with Gasteiger partial charge in [0.2, 0.25) is 5.95 Å². The van der Waals surface area contributed by atoms with Crippen LogP contribution < -0.4 is 9.64 Å². The van der Waals surface area contributed by atoms with Crippen molar-refractivity contribution in [2.24, 2.45) is 0 Å². The molecule has 7 heteroatoms. The van der Waals surface area contributed by atoms with Gasteiger partial charge in [-0.25, -0.2) is 9.97 Å². The Morgan fingerprint density at radius 1 is 1.20 bits per heavy atom. The van der Waals surface area contributed by atoms with E-state index in [0.717, 1.165) is 5.56 Å². The summed E-state index contributed by atoms with van der Waals surface area (Å²) < 4.78 is 5.79. The highest BCUT2D eigenvalue weighted by Gasteiger charge is 2.26. The van der Waals surface area contributed by atoms with Gasteiger partial charge in [-0.3, -0.25) is 4.79 Å². The van der Waals surface area contributed by atoms with Gasteiger partial charge in [0.15, 0.2) is 6.10 Å². The molecule has 25 heavy (non-hydrogen) atoms. The van der Waals surface area contributed by atoms with Crippen LogP contribution in [0.5, 0.6) is 5.75 Å². The Morgan fingerprint density at radius 3 is 2.52 bits per heavy atom. The summed E-state index contributed by atoms with van der Waals surface area (Å²) in [7, 11) is 0. The number of hydrogen-bond acceptors (Lipinski definition) is 5. The number of aromatic nitrogens is 2. The molecule has 1 atom stereocenters. The van der Waals surface area contributed by atoms with Crippen LogP contribution in [0.3, 0.4) is 0 Å². The molecular formula is C18H21ClN4O2. The van der Waals surface area contributed by atoms with E-state index < -0.39 is 6.10 Å². The summed E-state index contributed by atoms with van der Waals surface area (Å²) in [6, 6.07) is 7.20. The van der Waals surface area contributed by atoms with Crippen molar-refractivity contribution in [3.8, 4) is 5.75 Å². The third-order valence-electron chi connectivity index (χ3n) is 4.22. The van der Waals surface area contributed by atoms with Crippen molar-refractivity contribution in [3.63, 3.8) is 0 Å². The number of ether oxygens (including phenoxy) is 1. The van der Waals surface area contributed by atoms with Gasteiger partial charge < -0.3 is 14.5 Å². The molecule has 2 aromatic rings. The molecule has 0 radical (unpaired) electrons. The molecule has 0 N–H and O–H groups in total. The lowest BCUT2D eigenvalue weighted by molar-refractivity contribution is -0.138. The highest BCUT2D eigenvalue weighted by molar-refractivity contribution is 6.31. The van der Waals surface area contributed by atoms with Crippen molar-refractivity contribution in [1.82, 2.24) is 14.9 Å². The maximum Gasteiger partial charge on any atom is 0.263 e. The van der Waals surface area contributed by atoms with E-state index in [0.29, 0.717) is 42.9 Å². The Bertz CT molecular complexity index is 733. The lowest BCUT2D eigenvalue weighted by Crippen LogP contribution is -2.52. The number of hydrogen-bond donors (Lipinski definition) is 0. The third-order valence-corrected chi connectivity index (χ3v) is 4.64. The van der Waals surface area contributed by atoms with Crippen LogP contribution in [0.4, 0.5) is 5.95 Å². The number of amides is 1. The molecule has 1 aromatic heterocycles. The number of rotatable bonds is 4. The fourth-order valence-corrected chi connectivity index (χ4v) is 2.90. The first kappa shape index (κ1) is 17.5. The van der Waals surface area contributed by atoms with Crippen LogP contribution >= 0.6 is 11.6 Å². The second-order valence-corrected chi connectivity index (χ2v) is 6.44. The quantitative estimate of drug-likeness (QED) is 0.838. The molecule has 1 saturated heterocycles.